The summed E-state index contributed by atoms with van der Waals surface area (Å²) in [4.78, 5) is 0. The van der Waals surface area contributed by atoms with Crippen LogP contribution in [0.1, 0.15) is 63.3 Å². The fraction of sp³-hybridized carbons (Fsp3) is 0.400. The summed E-state index contributed by atoms with van der Waals surface area (Å²) in [5.74, 6) is -1.40. The normalized spacial score (nSPS) is 14.6. The molecule has 0 aliphatic rings. The van der Waals surface area contributed by atoms with Crippen molar-refractivity contribution in [2.24, 2.45) is 0 Å². The monoisotopic (exact) mass is 365 g/mol. The second-order valence-corrected chi connectivity index (χ2v) is 9.39. The van der Waals surface area contributed by atoms with Crippen molar-refractivity contribution in [3.8, 4) is 0 Å². The highest BCUT2D eigenvalue weighted by Gasteiger charge is 2.31. The maximum atomic E-state index is 14.5. The highest BCUT2D eigenvalue weighted by atomic mass is 32.2. The summed E-state index contributed by atoms with van der Waals surface area (Å²) in [6.07, 6.45) is 0. The van der Waals surface area contributed by atoms with E-state index in [4.69, 9.17) is 0 Å². The van der Waals surface area contributed by atoms with Gasteiger partial charge in [0.05, 0.1) is 0 Å². The topological polar surface area (TPSA) is 35.1 Å². The maximum absolute atomic E-state index is 14.5. The molecule has 0 aromatic heterocycles. The molecule has 2 aromatic rings. The Morgan fingerprint density at radius 3 is 1.92 bits per heavy atom. The summed E-state index contributed by atoms with van der Waals surface area (Å²) < 4.78 is 44.0. The maximum Gasteiger partial charge on any atom is 0.136 e. The Kier molecular flexibility index (Phi) is 6.25. The van der Waals surface area contributed by atoms with E-state index in [0.717, 1.165) is 5.56 Å². The Bertz CT molecular complexity index is 690. The third kappa shape index (κ3) is 4.81. The van der Waals surface area contributed by atoms with Gasteiger partial charge in [-0.25, -0.2) is 8.78 Å². The molecule has 0 aliphatic carbocycles. The Labute approximate surface area is 152 Å². The van der Waals surface area contributed by atoms with Crippen molar-refractivity contribution in [1.29, 1.82) is 0 Å². The molecule has 0 amide bonds. The number of nitrogens with one attached hydrogen (secondary N) is 1. The van der Waals surface area contributed by atoms with Crippen LogP contribution in [0.4, 0.5) is 8.78 Å². The highest BCUT2D eigenvalue weighted by molar-refractivity contribution is 7.90. The van der Waals surface area contributed by atoms with Gasteiger partial charge in [0.2, 0.25) is 0 Å². The fourth-order valence-electron chi connectivity index (χ4n) is 2.58. The van der Waals surface area contributed by atoms with Gasteiger partial charge in [-0.1, -0.05) is 44.2 Å². The second kappa shape index (κ2) is 7.85. The predicted molar refractivity (Wildman–Crippen MR) is 99.8 cm³/mol. The largest absolute Gasteiger partial charge is 0.598 e. The van der Waals surface area contributed by atoms with Gasteiger partial charge in [-0.15, -0.1) is 4.72 Å². The summed E-state index contributed by atoms with van der Waals surface area (Å²) in [6.45, 7) is 9.05. The van der Waals surface area contributed by atoms with E-state index in [1.165, 1.54) is 12.1 Å². The Morgan fingerprint density at radius 1 is 0.960 bits per heavy atom. The summed E-state index contributed by atoms with van der Waals surface area (Å²) in [5, 5.41) is 0. The molecule has 2 aromatic carbocycles. The van der Waals surface area contributed by atoms with Crippen molar-refractivity contribution >= 4 is 11.4 Å². The Morgan fingerprint density at radius 2 is 1.48 bits per heavy atom. The lowest BCUT2D eigenvalue weighted by Crippen LogP contribution is -2.41. The molecular formula is C20H25F2NOS. The molecule has 5 heteroatoms. The van der Waals surface area contributed by atoms with Crippen molar-refractivity contribution in [1.82, 2.24) is 4.72 Å². The molecule has 1 unspecified atom stereocenters. The molecule has 0 aliphatic heterocycles. The average molecular weight is 365 g/mol. The van der Waals surface area contributed by atoms with Crippen LogP contribution >= 0.6 is 0 Å². The number of halogens is 2. The van der Waals surface area contributed by atoms with Gasteiger partial charge >= 0.3 is 0 Å². The molecule has 0 heterocycles. The van der Waals surface area contributed by atoms with Crippen LogP contribution in [0.2, 0.25) is 0 Å². The quantitative estimate of drug-likeness (QED) is 0.737. The zero-order valence-electron chi connectivity index (χ0n) is 15.3. The third-order valence-corrected chi connectivity index (χ3v) is 5.49. The highest BCUT2D eigenvalue weighted by Crippen LogP contribution is 2.30. The number of rotatable bonds is 5. The first-order chi connectivity index (χ1) is 11.6. The van der Waals surface area contributed by atoms with Gasteiger partial charge in [0.1, 0.15) is 22.4 Å². The molecule has 0 saturated heterocycles. The summed E-state index contributed by atoms with van der Waals surface area (Å²) >= 11 is -1.39. The first-order valence-corrected chi connectivity index (χ1v) is 9.48. The van der Waals surface area contributed by atoms with Crippen LogP contribution in [0.25, 0.3) is 0 Å². The summed E-state index contributed by atoms with van der Waals surface area (Å²) in [5.41, 5.74) is 1.30. The molecule has 0 bridgehead atoms. The lowest BCUT2D eigenvalue weighted by Gasteiger charge is -2.28. The minimum Gasteiger partial charge on any atom is -0.598 e. The molecule has 0 fully saturated rings. The van der Waals surface area contributed by atoms with E-state index in [9.17, 15) is 13.3 Å². The van der Waals surface area contributed by atoms with Gasteiger partial charge in [-0.3, -0.25) is 0 Å². The second-order valence-electron chi connectivity index (χ2n) is 7.40. The van der Waals surface area contributed by atoms with E-state index in [2.05, 4.69) is 4.72 Å². The number of benzene rings is 2. The van der Waals surface area contributed by atoms with Crippen LogP contribution in [0.3, 0.4) is 0 Å². The molecule has 0 spiro atoms. The van der Waals surface area contributed by atoms with E-state index in [1.807, 2.05) is 51.1 Å². The van der Waals surface area contributed by atoms with Crippen LogP contribution in [0, 0.1) is 11.6 Å². The molecule has 1 N–H and O–H groups in total. The summed E-state index contributed by atoms with van der Waals surface area (Å²) in [7, 11) is 0. The molecule has 0 saturated carbocycles. The molecule has 0 radical (unpaired) electrons. The van der Waals surface area contributed by atoms with Crippen LogP contribution in [0.5, 0.6) is 0 Å². The van der Waals surface area contributed by atoms with Crippen LogP contribution in [0.15, 0.2) is 42.5 Å². The van der Waals surface area contributed by atoms with E-state index in [1.54, 1.807) is 13.8 Å². The van der Waals surface area contributed by atoms with Crippen molar-refractivity contribution in [2.75, 3.05) is 0 Å². The van der Waals surface area contributed by atoms with Gasteiger partial charge in [0.15, 0.2) is 0 Å². The predicted octanol–water partition coefficient (Wildman–Crippen LogP) is 5.23. The molecule has 2 nitrogen and oxygen atoms in total. The van der Waals surface area contributed by atoms with Crippen molar-refractivity contribution < 1.29 is 13.3 Å². The van der Waals surface area contributed by atoms with Crippen LogP contribution in [-0.2, 0) is 11.4 Å². The minimum atomic E-state index is -1.39. The fourth-order valence-corrected chi connectivity index (χ4v) is 3.42. The van der Waals surface area contributed by atoms with Crippen LogP contribution in [-0.4, -0.2) is 9.30 Å². The van der Waals surface area contributed by atoms with Crippen LogP contribution < -0.4 is 4.72 Å². The van der Waals surface area contributed by atoms with E-state index in [-0.39, 0.29) is 11.5 Å². The van der Waals surface area contributed by atoms with Crippen molar-refractivity contribution in [3.05, 3.63) is 70.8 Å². The molecule has 2 rings (SSSR count). The molecular weight excluding hydrogens is 340 g/mol. The van der Waals surface area contributed by atoms with Crippen molar-refractivity contribution in [3.63, 3.8) is 0 Å². The Hall–Kier alpha value is -1.43. The lowest BCUT2D eigenvalue weighted by atomic mass is 9.94. The zero-order valence-corrected chi connectivity index (χ0v) is 16.1. The minimum absolute atomic E-state index is 0.0764. The average Bonchev–Trinajstić information content (AvgIpc) is 2.51. The molecule has 136 valence electrons. The van der Waals surface area contributed by atoms with Gasteiger partial charge in [0, 0.05) is 16.9 Å². The number of hydrogen-bond donors (Lipinski definition) is 1. The van der Waals surface area contributed by atoms with E-state index < -0.39 is 33.8 Å². The van der Waals surface area contributed by atoms with Crippen molar-refractivity contribution in [2.45, 2.75) is 51.3 Å². The number of hydrogen-bond acceptors (Lipinski definition) is 2. The zero-order chi connectivity index (χ0) is 18.8. The first kappa shape index (κ1) is 19.9. The van der Waals surface area contributed by atoms with Gasteiger partial charge < -0.3 is 4.55 Å². The van der Waals surface area contributed by atoms with Gasteiger partial charge in [-0.05, 0) is 49.9 Å². The van der Waals surface area contributed by atoms with Gasteiger partial charge in [0.25, 0.3) is 0 Å². The lowest BCUT2D eigenvalue weighted by molar-refractivity contribution is 0.524. The van der Waals surface area contributed by atoms with E-state index in [0.29, 0.717) is 5.56 Å². The van der Waals surface area contributed by atoms with E-state index >= 15 is 0 Å². The third-order valence-electron chi connectivity index (χ3n) is 3.93. The smallest absolute Gasteiger partial charge is 0.136 e. The first-order valence-electron chi connectivity index (χ1n) is 8.33. The molecule has 25 heavy (non-hydrogen) atoms. The summed E-state index contributed by atoms with van der Waals surface area (Å²) in [6, 6.07) is 11.4. The SMILES string of the molecule is CC(C)c1c(F)cc([C@@H](N[S+]([O-])C(C)(C)C)c2ccccc2)cc1F. The molecule has 2 atom stereocenters. The van der Waals surface area contributed by atoms with Gasteiger partial charge in [-0.2, -0.15) is 0 Å². The standard InChI is InChI=1S/C20H25F2NOS/c1-13(2)18-16(21)11-15(12-17(18)22)19(14-9-7-6-8-10-14)23-25(24)20(3,4)5/h6-13,19,23H,1-5H3/t19-,25?/m0/s1. The Balaban J connectivity index is 2.49.